The fourth-order valence-corrected chi connectivity index (χ4v) is 4.29. The highest BCUT2D eigenvalue weighted by Gasteiger charge is 2.33. The normalized spacial score (nSPS) is 16.3. The summed E-state index contributed by atoms with van der Waals surface area (Å²) in [6.45, 7) is 0.734. The molecule has 5 nitrogen and oxygen atoms in total. The number of rotatable bonds is 5. The van der Waals surface area contributed by atoms with Crippen LogP contribution in [0.2, 0.25) is 0 Å². The van der Waals surface area contributed by atoms with Crippen LogP contribution < -0.4 is 0 Å². The number of hydrogen-bond acceptors (Lipinski definition) is 4. The van der Waals surface area contributed by atoms with Crippen LogP contribution >= 0.6 is 0 Å². The molecule has 5 heteroatoms. The van der Waals surface area contributed by atoms with Crippen molar-refractivity contribution in [3.05, 3.63) is 95.6 Å². The number of carbonyl (C=O) groups is 1. The molecular formula is C25H23N3O2. The molecule has 0 N–H and O–H groups in total. The summed E-state index contributed by atoms with van der Waals surface area (Å²) in [4.78, 5) is 19.4. The number of hydrogen-bond donors (Lipinski definition) is 0. The van der Waals surface area contributed by atoms with Gasteiger partial charge in [0.2, 0.25) is 11.8 Å². The van der Waals surface area contributed by atoms with E-state index in [-0.39, 0.29) is 11.9 Å². The molecule has 2 heterocycles. The Morgan fingerprint density at radius 2 is 1.80 bits per heavy atom. The quantitative estimate of drug-likeness (QED) is 0.489. The van der Waals surface area contributed by atoms with Gasteiger partial charge in [-0.2, -0.15) is 4.98 Å². The summed E-state index contributed by atoms with van der Waals surface area (Å²) in [5, 5.41) is 6.62. The zero-order valence-electron chi connectivity index (χ0n) is 16.7. The minimum atomic E-state index is -0.130. The smallest absolute Gasteiger partial charge is 0.249 e. The molecule has 5 rings (SSSR count). The number of benzene rings is 3. The SMILES string of the molecule is O=C(Cc1ccccc1)N1CCCC1c1nc(Cc2cccc3ccccc23)no1. The average molecular weight is 397 g/mol. The summed E-state index contributed by atoms with van der Waals surface area (Å²) in [6, 6.07) is 24.3. The van der Waals surface area contributed by atoms with E-state index < -0.39 is 0 Å². The van der Waals surface area contributed by atoms with E-state index in [2.05, 4.69) is 40.5 Å². The lowest BCUT2D eigenvalue weighted by Crippen LogP contribution is -2.32. The molecule has 0 saturated carbocycles. The van der Waals surface area contributed by atoms with Gasteiger partial charge in [0.05, 0.1) is 6.42 Å². The maximum Gasteiger partial charge on any atom is 0.249 e. The van der Waals surface area contributed by atoms with Gasteiger partial charge < -0.3 is 9.42 Å². The summed E-state index contributed by atoms with van der Waals surface area (Å²) in [5.41, 5.74) is 2.19. The van der Waals surface area contributed by atoms with E-state index in [0.29, 0.717) is 24.6 Å². The lowest BCUT2D eigenvalue weighted by Gasteiger charge is -2.21. The highest BCUT2D eigenvalue weighted by molar-refractivity contribution is 5.85. The second kappa shape index (κ2) is 8.11. The molecule has 0 radical (unpaired) electrons. The van der Waals surface area contributed by atoms with Gasteiger partial charge in [-0.1, -0.05) is 78.0 Å². The Kier molecular flexibility index (Phi) is 5.01. The number of aromatic nitrogens is 2. The van der Waals surface area contributed by atoms with E-state index in [1.165, 1.54) is 16.3 Å². The molecule has 3 aromatic carbocycles. The van der Waals surface area contributed by atoms with Gasteiger partial charge in [-0.15, -0.1) is 0 Å². The Bertz CT molecular complexity index is 1160. The summed E-state index contributed by atoms with van der Waals surface area (Å²) in [7, 11) is 0. The molecule has 1 amide bonds. The molecule has 1 saturated heterocycles. The van der Waals surface area contributed by atoms with Gasteiger partial charge in [0.25, 0.3) is 0 Å². The highest BCUT2D eigenvalue weighted by atomic mass is 16.5. The first-order valence-electron chi connectivity index (χ1n) is 10.4. The van der Waals surface area contributed by atoms with E-state index >= 15 is 0 Å². The fraction of sp³-hybridized carbons (Fsp3) is 0.240. The van der Waals surface area contributed by atoms with E-state index in [1.807, 2.05) is 47.4 Å². The number of amides is 1. The molecule has 150 valence electrons. The van der Waals surface area contributed by atoms with Gasteiger partial charge in [0.1, 0.15) is 6.04 Å². The molecular weight excluding hydrogens is 374 g/mol. The fourth-order valence-electron chi connectivity index (χ4n) is 4.29. The number of likely N-dealkylation sites (tertiary alicyclic amines) is 1. The van der Waals surface area contributed by atoms with Crippen molar-refractivity contribution >= 4 is 16.7 Å². The maximum absolute atomic E-state index is 12.9. The zero-order chi connectivity index (χ0) is 20.3. The lowest BCUT2D eigenvalue weighted by atomic mass is 10.0. The third-order valence-electron chi connectivity index (χ3n) is 5.77. The molecule has 1 fully saturated rings. The second-order valence-corrected chi connectivity index (χ2v) is 7.77. The lowest BCUT2D eigenvalue weighted by molar-refractivity contribution is -0.131. The third kappa shape index (κ3) is 3.71. The molecule has 1 aromatic heterocycles. The van der Waals surface area contributed by atoms with Crippen molar-refractivity contribution in [3.63, 3.8) is 0 Å². The van der Waals surface area contributed by atoms with E-state index in [1.54, 1.807) is 0 Å². The molecule has 1 aliphatic heterocycles. The van der Waals surface area contributed by atoms with Crippen LogP contribution in [0.1, 0.15) is 41.7 Å². The molecule has 0 aliphatic carbocycles. The van der Waals surface area contributed by atoms with Gasteiger partial charge in [-0.05, 0) is 34.7 Å². The number of nitrogens with zero attached hydrogens (tertiary/aromatic N) is 3. The summed E-state index contributed by atoms with van der Waals surface area (Å²) < 4.78 is 5.61. The third-order valence-corrected chi connectivity index (χ3v) is 5.77. The second-order valence-electron chi connectivity index (χ2n) is 7.77. The molecule has 1 atom stereocenters. The maximum atomic E-state index is 12.9. The van der Waals surface area contributed by atoms with E-state index in [4.69, 9.17) is 4.52 Å². The van der Waals surface area contributed by atoms with Crippen molar-refractivity contribution in [3.8, 4) is 0 Å². The average Bonchev–Trinajstić information content (AvgIpc) is 3.44. The van der Waals surface area contributed by atoms with Crippen LogP contribution in [-0.4, -0.2) is 27.5 Å². The highest BCUT2D eigenvalue weighted by Crippen LogP contribution is 2.32. The minimum absolute atomic E-state index is 0.109. The van der Waals surface area contributed by atoms with Crippen LogP contribution in [0.25, 0.3) is 10.8 Å². The van der Waals surface area contributed by atoms with Crippen LogP contribution in [0.15, 0.2) is 77.3 Å². The number of fused-ring (bicyclic) bond motifs is 1. The Labute approximate surface area is 175 Å². The van der Waals surface area contributed by atoms with Crippen molar-refractivity contribution in [1.29, 1.82) is 0 Å². The van der Waals surface area contributed by atoms with Crippen LogP contribution in [0.3, 0.4) is 0 Å². The summed E-state index contributed by atoms with van der Waals surface area (Å²) in [5.74, 6) is 1.31. The summed E-state index contributed by atoms with van der Waals surface area (Å²) >= 11 is 0. The first-order valence-corrected chi connectivity index (χ1v) is 10.4. The predicted molar refractivity (Wildman–Crippen MR) is 115 cm³/mol. The minimum Gasteiger partial charge on any atom is -0.337 e. The van der Waals surface area contributed by atoms with Crippen LogP contribution in [0, 0.1) is 0 Å². The van der Waals surface area contributed by atoms with Gasteiger partial charge in [-0.25, -0.2) is 0 Å². The van der Waals surface area contributed by atoms with Crippen molar-refractivity contribution in [2.75, 3.05) is 6.54 Å². The first kappa shape index (κ1) is 18.6. The Morgan fingerprint density at radius 3 is 2.70 bits per heavy atom. The Balaban J connectivity index is 1.33. The van der Waals surface area contributed by atoms with E-state index in [0.717, 1.165) is 24.9 Å². The van der Waals surface area contributed by atoms with Crippen molar-refractivity contribution in [2.24, 2.45) is 0 Å². The zero-order valence-corrected chi connectivity index (χ0v) is 16.7. The van der Waals surface area contributed by atoms with Crippen LogP contribution in [-0.2, 0) is 17.6 Å². The Morgan fingerprint density at radius 1 is 1.00 bits per heavy atom. The van der Waals surface area contributed by atoms with Crippen molar-refractivity contribution in [2.45, 2.75) is 31.7 Å². The van der Waals surface area contributed by atoms with Crippen molar-refractivity contribution in [1.82, 2.24) is 15.0 Å². The molecule has 1 unspecified atom stereocenters. The molecule has 30 heavy (non-hydrogen) atoms. The largest absolute Gasteiger partial charge is 0.337 e. The standard InChI is InChI=1S/C25H23N3O2/c29-24(16-18-8-2-1-3-9-18)28-15-7-14-22(28)25-26-23(27-30-25)17-20-12-6-11-19-10-4-5-13-21(19)20/h1-6,8-13,22H,7,14-17H2. The monoisotopic (exact) mass is 397 g/mol. The molecule has 0 spiro atoms. The molecule has 1 aliphatic rings. The van der Waals surface area contributed by atoms with E-state index in [9.17, 15) is 4.79 Å². The van der Waals surface area contributed by atoms with Gasteiger partial charge in [-0.3, -0.25) is 4.79 Å². The molecule has 0 bridgehead atoms. The molecule has 4 aromatic rings. The first-order chi connectivity index (χ1) is 14.8. The van der Waals surface area contributed by atoms with Gasteiger partial charge in [0, 0.05) is 13.0 Å². The van der Waals surface area contributed by atoms with Crippen molar-refractivity contribution < 1.29 is 9.32 Å². The predicted octanol–water partition coefficient (Wildman–Crippen LogP) is 4.72. The van der Waals surface area contributed by atoms with Gasteiger partial charge in [0.15, 0.2) is 5.82 Å². The van der Waals surface area contributed by atoms with Gasteiger partial charge >= 0.3 is 0 Å². The summed E-state index contributed by atoms with van der Waals surface area (Å²) in [6.07, 6.45) is 2.81. The Hall–Kier alpha value is -3.47. The van der Waals surface area contributed by atoms with Crippen LogP contribution in [0.5, 0.6) is 0 Å². The van der Waals surface area contributed by atoms with Crippen LogP contribution in [0.4, 0.5) is 0 Å². The number of carbonyl (C=O) groups excluding carboxylic acids is 1. The topological polar surface area (TPSA) is 59.2 Å².